The highest BCUT2D eigenvalue weighted by Gasteiger charge is 1.69. The monoisotopic (exact) mass is 168 g/mol. The fourth-order valence-corrected chi connectivity index (χ4v) is 0.694. The van der Waals surface area contributed by atoms with Gasteiger partial charge in [-0.3, -0.25) is 0 Å². The molecule has 6 heavy (non-hydrogen) atoms. The van der Waals surface area contributed by atoms with Gasteiger partial charge in [0.15, 0.2) is 0 Å². The van der Waals surface area contributed by atoms with Gasteiger partial charge in [0.05, 0.1) is 0 Å². The quantitative estimate of drug-likeness (QED) is 0.422. The summed E-state index contributed by atoms with van der Waals surface area (Å²) >= 11 is 3.31. The molecule has 0 N–H and O–H groups in total. The third-order valence-electron chi connectivity index (χ3n) is 0.487. The largest absolute Gasteiger partial charge is 0.0928 e. The number of hydrogen-bond donors (Lipinski definition) is 0. The smallest absolute Gasteiger partial charge is 0.00312 e. The van der Waals surface area contributed by atoms with E-state index in [1.54, 1.807) is 0 Å². The van der Waals surface area contributed by atoms with Crippen LogP contribution in [0, 0.1) is 0 Å². The maximum Gasteiger partial charge on any atom is 0.00312 e. The predicted molar refractivity (Wildman–Crippen MR) is 40.0 cm³/mol. The van der Waals surface area contributed by atoms with E-state index in [1.165, 1.54) is 12.8 Å². The summed E-state index contributed by atoms with van der Waals surface area (Å²) in [6, 6.07) is 0. The molecule has 40 valence electrons. The first kappa shape index (κ1) is 9.85. The Balaban J connectivity index is 0. The predicted octanol–water partition coefficient (Wildman–Crippen LogP) is 0.730. The van der Waals surface area contributed by atoms with Gasteiger partial charge in [-0.05, 0) is 17.4 Å². The Kier molecular flexibility index (Phi) is 15.1. The zero-order valence-corrected chi connectivity index (χ0v) is 5.09. The SMILES string of the molecule is CCCCBr.[SiH4]. The highest BCUT2D eigenvalue weighted by atomic mass is 79.9. The lowest BCUT2D eigenvalue weighted by molar-refractivity contribution is 0.902. The first-order valence-corrected chi connectivity index (χ1v) is 3.10. The van der Waals surface area contributed by atoms with Crippen LogP contribution in [0.15, 0.2) is 0 Å². The zero-order valence-electron chi connectivity index (χ0n) is 3.50. The van der Waals surface area contributed by atoms with E-state index in [1.807, 2.05) is 0 Å². The van der Waals surface area contributed by atoms with Crippen LogP contribution in [0.4, 0.5) is 0 Å². The van der Waals surface area contributed by atoms with Gasteiger partial charge in [0.25, 0.3) is 0 Å². The minimum atomic E-state index is 0. The maximum atomic E-state index is 3.31. The summed E-state index contributed by atoms with van der Waals surface area (Å²) in [5.74, 6) is 0. The topological polar surface area (TPSA) is 0 Å². The molecular formula is C4H13BrSi. The van der Waals surface area contributed by atoms with E-state index >= 15 is 0 Å². The van der Waals surface area contributed by atoms with Gasteiger partial charge in [-0.25, -0.2) is 0 Å². The summed E-state index contributed by atoms with van der Waals surface area (Å²) in [6.45, 7) is 2.18. The first-order valence-electron chi connectivity index (χ1n) is 1.97. The van der Waals surface area contributed by atoms with Crippen LogP contribution >= 0.6 is 15.9 Å². The highest BCUT2D eigenvalue weighted by Crippen LogP contribution is 1.89. The molecule has 2 heteroatoms. The van der Waals surface area contributed by atoms with Gasteiger partial charge in [0.2, 0.25) is 0 Å². The van der Waals surface area contributed by atoms with Crippen molar-refractivity contribution in [1.29, 1.82) is 0 Å². The fraction of sp³-hybridized carbons (Fsp3) is 1.00. The van der Waals surface area contributed by atoms with Crippen molar-refractivity contribution in [2.24, 2.45) is 0 Å². The standard InChI is InChI=1S/C4H9Br.H4Si/c1-2-3-4-5;/h2-4H2,1H3;1H4. The van der Waals surface area contributed by atoms with Crippen molar-refractivity contribution < 1.29 is 0 Å². The summed E-state index contributed by atoms with van der Waals surface area (Å²) in [7, 11) is 0. The summed E-state index contributed by atoms with van der Waals surface area (Å²) < 4.78 is 0. The zero-order chi connectivity index (χ0) is 4.12. The summed E-state index contributed by atoms with van der Waals surface area (Å²) in [5.41, 5.74) is 0. The van der Waals surface area contributed by atoms with E-state index in [-0.39, 0.29) is 11.0 Å². The summed E-state index contributed by atoms with van der Waals surface area (Å²) in [6.07, 6.45) is 2.60. The second-order valence-electron chi connectivity index (χ2n) is 1.04. The molecule has 0 spiro atoms. The van der Waals surface area contributed by atoms with Crippen LogP contribution in [0.1, 0.15) is 19.8 Å². The minimum Gasteiger partial charge on any atom is -0.0928 e. The van der Waals surface area contributed by atoms with Crippen molar-refractivity contribution in [3.8, 4) is 0 Å². The van der Waals surface area contributed by atoms with Crippen LogP contribution < -0.4 is 0 Å². The third-order valence-corrected chi connectivity index (χ3v) is 1.05. The van der Waals surface area contributed by atoms with Gasteiger partial charge in [-0.2, -0.15) is 0 Å². The molecule has 0 amide bonds. The van der Waals surface area contributed by atoms with Crippen molar-refractivity contribution in [3.63, 3.8) is 0 Å². The number of hydrogen-bond acceptors (Lipinski definition) is 0. The Morgan fingerprint density at radius 3 is 2.00 bits per heavy atom. The van der Waals surface area contributed by atoms with E-state index in [0.717, 1.165) is 5.33 Å². The van der Waals surface area contributed by atoms with Crippen LogP contribution in [-0.2, 0) is 0 Å². The van der Waals surface area contributed by atoms with E-state index in [2.05, 4.69) is 22.9 Å². The maximum absolute atomic E-state index is 3.31. The van der Waals surface area contributed by atoms with Gasteiger partial charge in [-0.15, -0.1) is 0 Å². The molecule has 0 aliphatic heterocycles. The molecule has 0 saturated heterocycles. The highest BCUT2D eigenvalue weighted by molar-refractivity contribution is 9.09. The Labute approximate surface area is 52.5 Å². The Morgan fingerprint density at radius 2 is 2.00 bits per heavy atom. The molecule has 0 heterocycles. The van der Waals surface area contributed by atoms with Gasteiger partial charge in [-0.1, -0.05) is 29.3 Å². The molecule has 0 radical (unpaired) electrons. The van der Waals surface area contributed by atoms with Crippen LogP contribution in [0.3, 0.4) is 0 Å². The molecule has 0 saturated carbocycles. The van der Waals surface area contributed by atoms with E-state index < -0.39 is 0 Å². The Bertz CT molecular complexity index is 15.0. The molecule has 0 aliphatic rings. The van der Waals surface area contributed by atoms with Crippen LogP contribution in [0.25, 0.3) is 0 Å². The molecule has 0 atom stereocenters. The van der Waals surface area contributed by atoms with Gasteiger partial charge in [0, 0.05) is 5.33 Å². The third kappa shape index (κ3) is 8.83. The second kappa shape index (κ2) is 9.20. The molecular weight excluding hydrogens is 156 g/mol. The number of halogens is 1. The lowest BCUT2D eigenvalue weighted by Gasteiger charge is -1.77. The van der Waals surface area contributed by atoms with Gasteiger partial charge in [0.1, 0.15) is 0 Å². The molecule has 0 aliphatic carbocycles. The van der Waals surface area contributed by atoms with Gasteiger partial charge < -0.3 is 0 Å². The summed E-state index contributed by atoms with van der Waals surface area (Å²) in [4.78, 5) is 0. The molecule has 0 fully saturated rings. The molecule has 0 rings (SSSR count). The lowest BCUT2D eigenvalue weighted by atomic mass is 10.4. The van der Waals surface area contributed by atoms with Crippen molar-refractivity contribution >= 4 is 26.9 Å². The molecule has 0 unspecified atom stereocenters. The van der Waals surface area contributed by atoms with Crippen LogP contribution in [0.2, 0.25) is 0 Å². The van der Waals surface area contributed by atoms with E-state index in [0.29, 0.717) is 0 Å². The minimum absolute atomic E-state index is 0. The van der Waals surface area contributed by atoms with Crippen molar-refractivity contribution in [2.75, 3.05) is 5.33 Å². The molecule has 0 bridgehead atoms. The van der Waals surface area contributed by atoms with Crippen molar-refractivity contribution in [2.45, 2.75) is 19.8 Å². The van der Waals surface area contributed by atoms with Crippen LogP contribution in [0.5, 0.6) is 0 Å². The average Bonchev–Trinajstić information content (AvgIpc) is 1.41. The Hall–Kier alpha value is 0.697. The second-order valence-corrected chi connectivity index (χ2v) is 1.84. The van der Waals surface area contributed by atoms with Crippen molar-refractivity contribution in [1.82, 2.24) is 0 Å². The van der Waals surface area contributed by atoms with E-state index in [9.17, 15) is 0 Å². The number of unbranched alkanes of at least 4 members (excludes halogenated alkanes) is 1. The molecule has 0 aromatic carbocycles. The fourth-order valence-electron chi connectivity index (χ4n) is 0.134. The summed E-state index contributed by atoms with van der Waals surface area (Å²) in [5, 5.41) is 1.16. The lowest BCUT2D eigenvalue weighted by Crippen LogP contribution is -1.64. The normalized spacial score (nSPS) is 7.00. The number of alkyl halides is 1. The first-order chi connectivity index (χ1) is 2.41. The average molecular weight is 169 g/mol. The molecule has 0 nitrogen and oxygen atoms in total. The Morgan fingerprint density at radius 1 is 1.50 bits per heavy atom. The molecule has 0 aromatic rings. The molecule has 0 aromatic heterocycles. The van der Waals surface area contributed by atoms with E-state index in [4.69, 9.17) is 0 Å². The van der Waals surface area contributed by atoms with Crippen LogP contribution in [-0.4, -0.2) is 16.3 Å². The number of rotatable bonds is 2. The van der Waals surface area contributed by atoms with Gasteiger partial charge >= 0.3 is 0 Å². The van der Waals surface area contributed by atoms with Crippen molar-refractivity contribution in [3.05, 3.63) is 0 Å².